The number of amides is 1. The van der Waals surface area contributed by atoms with Crippen LogP contribution in [0.25, 0.3) is 11.3 Å². The minimum Gasteiger partial charge on any atom is -0.382 e. The first-order chi connectivity index (χ1) is 9.65. The second-order valence-corrected chi connectivity index (χ2v) is 4.38. The minimum absolute atomic E-state index is 0.0419. The van der Waals surface area contributed by atoms with Gasteiger partial charge in [0.25, 0.3) is 5.91 Å². The molecule has 0 aliphatic rings. The number of nitrogens with two attached hydrogens (primary N) is 1. The molecule has 0 radical (unpaired) electrons. The van der Waals surface area contributed by atoms with Crippen molar-refractivity contribution in [3.8, 4) is 11.3 Å². The number of hydrogen-bond acceptors (Lipinski definition) is 4. The zero-order chi connectivity index (χ0) is 14.5. The number of carbonyl (C=O) groups is 1. The Morgan fingerprint density at radius 3 is 2.35 bits per heavy atom. The van der Waals surface area contributed by atoms with Crippen molar-refractivity contribution in [2.24, 2.45) is 0 Å². The van der Waals surface area contributed by atoms with Gasteiger partial charge in [-0.25, -0.2) is 4.98 Å². The Morgan fingerprint density at radius 2 is 1.80 bits per heavy atom. The minimum atomic E-state index is 0.0419. The molecule has 0 fully saturated rings. The van der Waals surface area contributed by atoms with Gasteiger partial charge in [0.05, 0.1) is 18.1 Å². The normalized spacial score (nSPS) is 10.3. The van der Waals surface area contributed by atoms with Gasteiger partial charge in [0.15, 0.2) is 0 Å². The predicted octanol–water partition coefficient (Wildman–Crippen LogP) is 2.21. The second-order valence-electron chi connectivity index (χ2n) is 4.38. The lowest BCUT2D eigenvalue weighted by atomic mass is 10.1. The maximum Gasteiger partial charge on any atom is 0.253 e. The molecule has 0 saturated carbocycles. The summed E-state index contributed by atoms with van der Waals surface area (Å²) in [7, 11) is 0. The third-order valence-electron chi connectivity index (χ3n) is 3.13. The van der Waals surface area contributed by atoms with E-state index < -0.39 is 0 Å². The zero-order valence-corrected chi connectivity index (χ0v) is 11.7. The lowest BCUT2D eigenvalue weighted by molar-refractivity contribution is 0.0773. The van der Waals surface area contributed by atoms with Crippen molar-refractivity contribution in [2.75, 3.05) is 18.8 Å². The summed E-state index contributed by atoms with van der Waals surface area (Å²) < 4.78 is 0. The van der Waals surface area contributed by atoms with E-state index in [-0.39, 0.29) is 5.91 Å². The number of benzene rings is 1. The van der Waals surface area contributed by atoms with Gasteiger partial charge in [0, 0.05) is 24.2 Å². The molecule has 0 atom stereocenters. The van der Waals surface area contributed by atoms with Gasteiger partial charge in [0.1, 0.15) is 5.82 Å². The van der Waals surface area contributed by atoms with Crippen LogP contribution in [-0.4, -0.2) is 33.9 Å². The fourth-order valence-corrected chi connectivity index (χ4v) is 2.00. The molecule has 5 nitrogen and oxygen atoms in total. The second kappa shape index (κ2) is 6.14. The van der Waals surface area contributed by atoms with Crippen molar-refractivity contribution in [3.63, 3.8) is 0 Å². The van der Waals surface area contributed by atoms with Gasteiger partial charge in [-0.1, -0.05) is 12.1 Å². The molecule has 2 aromatic rings. The summed E-state index contributed by atoms with van der Waals surface area (Å²) in [6.07, 6.45) is 3.15. The quantitative estimate of drug-likeness (QED) is 0.924. The van der Waals surface area contributed by atoms with E-state index in [1.54, 1.807) is 23.2 Å². The standard InChI is InChI=1S/C15H18N4O/c1-3-19(4-2)15(20)12-7-5-11(6-8-12)13-9-17-10-14(16)18-13/h5-10H,3-4H2,1-2H3,(H2,16,18). The molecule has 20 heavy (non-hydrogen) atoms. The molecule has 1 amide bonds. The summed E-state index contributed by atoms with van der Waals surface area (Å²) in [5.74, 6) is 0.422. The molecule has 0 unspecified atom stereocenters. The maximum atomic E-state index is 12.2. The Bertz CT molecular complexity index is 591. The van der Waals surface area contributed by atoms with Crippen molar-refractivity contribution in [3.05, 3.63) is 42.2 Å². The molecule has 0 aliphatic heterocycles. The number of anilines is 1. The van der Waals surface area contributed by atoms with Crippen molar-refractivity contribution < 1.29 is 4.79 Å². The van der Waals surface area contributed by atoms with E-state index in [0.29, 0.717) is 30.2 Å². The van der Waals surface area contributed by atoms with Crippen LogP contribution < -0.4 is 5.73 Å². The summed E-state index contributed by atoms with van der Waals surface area (Å²) in [5, 5.41) is 0. The van der Waals surface area contributed by atoms with Crippen molar-refractivity contribution >= 4 is 11.7 Å². The first-order valence-electron chi connectivity index (χ1n) is 6.63. The highest BCUT2D eigenvalue weighted by Crippen LogP contribution is 2.18. The number of rotatable bonds is 4. The first-order valence-corrected chi connectivity index (χ1v) is 6.63. The molecule has 5 heteroatoms. The lowest BCUT2D eigenvalue weighted by Crippen LogP contribution is -2.30. The molecule has 104 valence electrons. The maximum absolute atomic E-state index is 12.2. The van der Waals surface area contributed by atoms with Crippen LogP contribution in [0.5, 0.6) is 0 Å². The molecule has 0 aliphatic carbocycles. The van der Waals surface area contributed by atoms with Crippen LogP contribution >= 0.6 is 0 Å². The van der Waals surface area contributed by atoms with E-state index in [9.17, 15) is 4.79 Å². The smallest absolute Gasteiger partial charge is 0.253 e. The van der Waals surface area contributed by atoms with E-state index in [1.165, 1.54) is 6.20 Å². The van der Waals surface area contributed by atoms with Crippen molar-refractivity contribution in [2.45, 2.75) is 13.8 Å². The van der Waals surface area contributed by atoms with E-state index >= 15 is 0 Å². The first kappa shape index (κ1) is 14.0. The number of nitrogens with zero attached hydrogens (tertiary/aromatic N) is 3. The van der Waals surface area contributed by atoms with E-state index in [4.69, 9.17) is 5.73 Å². The molecule has 2 N–H and O–H groups in total. The summed E-state index contributed by atoms with van der Waals surface area (Å²) >= 11 is 0. The fraction of sp³-hybridized carbons (Fsp3) is 0.267. The number of hydrogen-bond donors (Lipinski definition) is 1. The molecule has 0 spiro atoms. The van der Waals surface area contributed by atoms with Crippen molar-refractivity contribution in [1.82, 2.24) is 14.9 Å². The topological polar surface area (TPSA) is 72.1 Å². The molecular formula is C15H18N4O. The molecule has 1 heterocycles. The SMILES string of the molecule is CCN(CC)C(=O)c1ccc(-c2cncc(N)n2)cc1. The molecule has 1 aromatic heterocycles. The number of carbonyl (C=O) groups excluding carboxylic acids is 1. The Hall–Kier alpha value is -2.43. The van der Waals surface area contributed by atoms with E-state index in [1.807, 2.05) is 26.0 Å². The summed E-state index contributed by atoms with van der Waals surface area (Å²) in [6.45, 7) is 5.35. The summed E-state index contributed by atoms with van der Waals surface area (Å²) in [4.78, 5) is 22.2. The Morgan fingerprint density at radius 1 is 1.15 bits per heavy atom. The third kappa shape index (κ3) is 2.93. The van der Waals surface area contributed by atoms with Gasteiger partial charge >= 0.3 is 0 Å². The fourth-order valence-electron chi connectivity index (χ4n) is 2.00. The van der Waals surface area contributed by atoms with Crippen LogP contribution in [0.2, 0.25) is 0 Å². The average molecular weight is 270 g/mol. The van der Waals surface area contributed by atoms with Gasteiger partial charge < -0.3 is 10.6 Å². The van der Waals surface area contributed by atoms with Gasteiger partial charge in [-0.2, -0.15) is 0 Å². The predicted molar refractivity (Wildman–Crippen MR) is 79.1 cm³/mol. The van der Waals surface area contributed by atoms with Crippen LogP contribution in [0, 0.1) is 0 Å². The van der Waals surface area contributed by atoms with Gasteiger partial charge in [-0.3, -0.25) is 9.78 Å². The largest absolute Gasteiger partial charge is 0.382 e. The Labute approximate surface area is 118 Å². The Kier molecular flexibility index (Phi) is 4.30. The number of nitrogen functional groups attached to an aromatic ring is 1. The Balaban J connectivity index is 2.24. The highest BCUT2D eigenvalue weighted by molar-refractivity contribution is 5.94. The molecule has 1 aromatic carbocycles. The molecule has 0 bridgehead atoms. The lowest BCUT2D eigenvalue weighted by Gasteiger charge is -2.18. The van der Waals surface area contributed by atoms with Crippen LogP contribution in [0.3, 0.4) is 0 Å². The van der Waals surface area contributed by atoms with Gasteiger partial charge in [-0.05, 0) is 26.0 Å². The third-order valence-corrected chi connectivity index (χ3v) is 3.13. The van der Waals surface area contributed by atoms with Crippen LogP contribution in [-0.2, 0) is 0 Å². The van der Waals surface area contributed by atoms with E-state index in [2.05, 4.69) is 9.97 Å². The summed E-state index contributed by atoms with van der Waals surface area (Å²) in [5.41, 5.74) is 7.88. The van der Waals surface area contributed by atoms with Crippen LogP contribution in [0.1, 0.15) is 24.2 Å². The van der Waals surface area contributed by atoms with Crippen LogP contribution in [0.4, 0.5) is 5.82 Å². The highest BCUT2D eigenvalue weighted by atomic mass is 16.2. The van der Waals surface area contributed by atoms with Gasteiger partial charge in [-0.15, -0.1) is 0 Å². The monoisotopic (exact) mass is 270 g/mol. The van der Waals surface area contributed by atoms with Crippen LogP contribution in [0.15, 0.2) is 36.7 Å². The number of aromatic nitrogens is 2. The average Bonchev–Trinajstić information content (AvgIpc) is 2.48. The zero-order valence-electron chi connectivity index (χ0n) is 11.7. The van der Waals surface area contributed by atoms with E-state index in [0.717, 1.165) is 5.56 Å². The molecular weight excluding hydrogens is 252 g/mol. The molecule has 0 saturated heterocycles. The van der Waals surface area contributed by atoms with Crippen molar-refractivity contribution in [1.29, 1.82) is 0 Å². The summed E-state index contributed by atoms with van der Waals surface area (Å²) in [6, 6.07) is 7.34. The molecule has 2 rings (SSSR count). The van der Waals surface area contributed by atoms with Gasteiger partial charge in [0.2, 0.25) is 0 Å². The highest BCUT2D eigenvalue weighted by Gasteiger charge is 2.12.